The van der Waals surface area contributed by atoms with E-state index in [4.69, 9.17) is 4.42 Å². The summed E-state index contributed by atoms with van der Waals surface area (Å²) in [4.78, 5) is 4.46. The van der Waals surface area contributed by atoms with Crippen molar-refractivity contribution < 1.29 is 4.42 Å². The van der Waals surface area contributed by atoms with Crippen LogP contribution in [0.4, 0.5) is 0 Å². The van der Waals surface area contributed by atoms with Crippen LogP contribution < -0.4 is 6.15 Å². The van der Waals surface area contributed by atoms with Crippen molar-refractivity contribution >= 4 is 21.9 Å². The molecule has 0 atom stereocenters. The highest BCUT2D eigenvalue weighted by Gasteiger charge is 2.12. The molecular formula is C14H16N2O. The minimum absolute atomic E-state index is 0. The van der Waals surface area contributed by atoms with Gasteiger partial charge in [-0.05, 0) is 30.4 Å². The van der Waals surface area contributed by atoms with Crippen LogP contribution >= 0.6 is 0 Å². The smallest absolute Gasteiger partial charge is 0.192 e. The molecule has 3 N–H and O–H groups in total. The molecule has 3 rings (SSSR count). The second-order valence-electron chi connectivity index (χ2n) is 4.21. The number of hydrogen-bond donors (Lipinski definition) is 1. The summed E-state index contributed by atoms with van der Waals surface area (Å²) >= 11 is 0. The molecule has 1 heterocycles. The maximum Gasteiger partial charge on any atom is 0.192 e. The van der Waals surface area contributed by atoms with Crippen molar-refractivity contribution in [2.75, 3.05) is 0 Å². The highest BCUT2D eigenvalue weighted by molar-refractivity contribution is 6.06. The van der Waals surface area contributed by atoms with Gasteiger partial charge < -0.3 is 10.6 Å². The molecule has 0 amide bonds. The summed E-state index contributed by atoms with van der Waals surface area (Å²) in [6, 6.07) is 8.32. The molecule has 0 saturated heterocycles. The third-order valence-corrected chi connectivity index (χ3v) is 3.23. The van der Waals surface area contributed by atoms with Gasteiger partial charge >= 0.3 is 0 Å². The molecule has 3 heteroatoms. The maximum absolute atomic E-state index is 5.71. The fraction of sp³-hybridized carbons (Fsp3) is 0.214. The van der Waals surface area contributed by atoms with Crippen LogP contribution in [0.3, 0.4) is 0 Å². The van der Waals surface area contributed by atoms with Crippen molar-refractivity contribution in [2.45, 2.75) is 20.8 Å². The van der Waals surface area contributed by atoms with Crippen molar-refractivity contribution in [3.63, 3.8) is 0 Å². The highest BCUT2D eigenvalue weighted by Crippen LogP contribution is 2.31. The van der Waals surface area contributed by atoms with E-state index >= 15 is 0 Å². The van der Waals surface area contributed by atoms with E-state index in [0.29, 0.717) is 0 Å². The molecule has 0 bridgehead atoms. The number of hydrogen-bond acceptors (Lipinski definition) is 3. The molecule has 0 aliphatic rings. The molecule has 17 heavy (non-hydrogen) atoms. The average molecular weight is 228 g/mol. The van der Waals surface area contributed by atoms with Crippen molar-refractivity contribution in [1.82, 2.24) is 11.1 Å². The predicted octanol–water partition coefficient (Wildman–Crippen LogP) is 4.07. The van der Waals surface area contributed by atoms with Crippen LogP contribution in [0.5, 0.6) is 0 Å². The Morgan fingerprint density at radius 2 is 1.59 bits per heavy atom. The number of benzene rings is 2. The summed E-state index contributed by atoms with van der Waals surface area (Å²) in [5.41, 5.74) is 4.41. The molecule has 0 saturated carbocycles. The van der Waals surface area contributed by atoms with E-state index in [1.165, 1.54) is 16.5 Å². The number of nitrogens with zero attached hydrogens (tertiary/aromatic N) is 1. The van der Waals surface area contributed by atoms with E-state index < -0.39 is 0 Å². The first-order chi connectivity index (χ1) is 7.68. The van der Waals surface area contributed by atoms with E-state index in [0.717, 1.165) is 22.4 Å². The third-order valence-electron chi connectivity index (χ3n) is 3.23. The molecular weight excluding hydrogens is 212 g/mol. The molecule has 1 aromatic heterocycles. The monoisotopic (exact) mass is 228 g/mol. The lowest BCUT2D eigenvalue weighted by molar-refractivity contribution is 0.563. The lowest BCUT2D eigenvalue weighted by atomic mass is 9.99. The lowest BCUT2D eigenvalue weighted by Crippen LogP contribution is -1.86. The van der Waals surface area contributed by atoms with Crippen LogP contribution in [0.25, 0.3) is 21.9 Å². The number of oxazole rings is 1. The zero-order valence-electron chi connectivity index (χ0n) is 10.4. The minimum Gasteiger partial charge on any atom is -0.440 e. The Morgan fingerprint density at radius 1 is 0.941 bits per heavy atom. The first-order valence-electron chi connectivity index (χ1n) is 5.43. The van der Waals surface area contributed by atoms with Crippen LogP contribution in [-0.4, -0.2) is 4.98 Å². The number of fused-ring (bicyclic) bond motifs is 3. The van der Waals surface area contributed by atoms with E-state index in [1.807, 2.05) is 13.0 Å². The Morgan fingerprint density at radius 3 is 2.29 bits per heavy atom. The van der Waals surface area contributed by atoms with E-state index in [9.17, 15) is 0 Å². The van der Waals surface area contributed by atoms with Crippen LogP contribution in [0.15, 0.2) is 28.7 Å². The molecule has 0 aliphatic heterocycles. The fourth-order valence-electron chi connectivity index (χ4n) is 2.25. The molecule has 88 valence electrons. The first-order valence-corrected chi connectivity index (χ1v) is 5.43. The summed E-state index contributed by atoms with van der Waals surface area (Å²) in [7, 11) is 0. The number of aromatic nitrogens is 1. The Hall–Kier alpha value is -1.87. The van der Waals surface area contributed by atoms with Gasteiger partial charge in [-0.15, -0.1) is 0 Å². The van der Waals surface area contributed by atoms with Gasteiger partial charge in [-0.3, -0.25) is 0 Å². The standard InChI is InChI=1S/C14H13NO.H3N/c1-8-9(2)13-14(16-10(3)15-13)12-7-5-4-6-11(8)12;/h4-7H,1-3H3;1H3. The van der Waals surface area contributed by atoms with Gasteiger partial charge in [0.2, 0.25) is 0 Å². The van der Waals surface area contributed by atoms with E-state index in [2.05, 4.69) is 37.0 Å². The predicted molar refractivity (Wildman–Crippen MR) is 70.7 cm³/mol. The summed E-state index contributed by atoms with van der Waals surface area (Å²) in [5, 5.41) is 2.41. The van der Waals surface area contributed by atoms with Crippen LogP contribution in [0.1, 0.15) is 17.0 Å². The van der Waals surface area contributed by atoms with Crippen LogP contribution in [0.2, 0.25) is 0 Å². The van der Waals surface area contributed by atoms with Crippen molar-refractivity contribution in [3.8, 4) is 0 Å². The van der Waals surface area contributed by atoms with Gasteiger partial charge in [-0.2, -0.15) is 0 Å². The number of rotatable bonds is 0. The van der Waals surface area contributed by atoms with E-state index in [-0.39, 0.29) is 6.15 Å². The molecule has 3 aromatic rings. The largest absolute Gasteiger partial charge is 0.440 e. The van der Waals surface area contributed by atoms with Gasteiger partial charge in [0.1, 0.15) is 5.52 Å². The van der Waals surface area contributed by atoms with Gasteiger partial charge in [0.15, 0.2) is 11.5 Å². The van der Waals surface area contributed by atoms with Crippen molar-refractivity contribution in [3.05, 3.63) is 41.3 Å². The van der Waals surface area contributed by atoms with Gasteiger partial charge in [0, 0.05) is 12.3 Å². The minimum atomic E-state index is 0. The van der Waals surface area contributed by atoms with Gasteiger partial charge in [0.25, 0.3) is 0 Å². The molecule has 0 spiro atoms. The summed E-state index contributed by atoms with van der Waals surface area (Å²) in [5.74, 6) is 0.730. The molecule has 3 nitrogen and oxygen atoms in total. The SMILES string of the molecule is Cc1nc2c(C)c(C)c3ccccc3c2o1.N. The Labute approximate surface area is 100 Å². The Kier molecular flexibility index (Phi) is 2.63. The zero-order chi connectivity index (χ0) is 11.3. The quantitative estimate of drug-likeness (QED) is 0.631. The van der Waals surface area contributed by atoms with Crippen LogP contribution in [0, 0.1) is 20.8 Å². The fourth-order valence-corrected chi connectivity index (χ4v) is 2.25. The molecule has 0 radical (unpaired) electrons. The van der Waals surface area contributed by atoms with Gasteiger partial charge in [0.05, 0.1) is 0 Å². The summed E-state index contributed by atoms with van der Waals surface area (Å²) < 4.78 is 5.71. The number of aryl methyl sites for hydroxylation is 3. The zero-order valence-corrected chi connectivity index (χ0v) is 10.4. The van der Waals surface area contributed by atoms with Crippen molar-refractivity contribution in [1.29, 1.82) is 0 Å². The molecule has 0 unspecified atom stereocenters. The summed E-state index contributed by atoms with van der Waals surface area (Å²) in [6.45, 7) is 6.14. The topological polar surface area (TPSA) is 61.0 Å². The highest BCUT2D eigenvalue weighted by atomic mass is 16.3. The van der Waals surface area contributed by atoms with Gasteiger partial charge in [-0.1, -0.05) is 24.3 Å². The molecule has 0 fully saturated rings. The Balaban J connectivity index is 0.00000108. The van der Waals surface area contributed by atoms with Gasteiger partial charge in [-0.25, -0.2) is 4.98 Å². The van der Waals surface area contributed by atoms with E-state index in [1.54, 1.807) is 0 Å². The molecule has 2 aromatic carbocycles. The first kappa shape index (κ1) is 11.6. The second-order valence-corrected chi connectivity index (χ2v) is 4.21. The normalized spacial score (nSPS) is 10.8. The van der Waals surface area contributed by atoms with Crippen LogP contribution in [-0.2, 0) is 0 Å². The third kappa shape index (κ3) is 1.51. The average Bonchev–Trinajstić information content (AvgIpc) is 2.68. The Bertz CT molecular complexity index is 698. The second kappa shape index (κ2) is 3.86. The summed E-state index contributed by atoms with van der Waals surface area (Å²) in [6.07, 6.45) is 0. The molecule has 0 aliphatic carbocycles. The van der Waals surface area contributed by atoms with Crippen molar-refractivity contribution in [2.24, 2.45) is 0 Å². The lowest BCUT2D eigenvalue weighted by Gasteiger charge is -2.06. The maximum atomic E-state index is 5.71.